The molecule has 3 aromatic heterocycles. The highest BCUT2D eigenvalue weighted by Crippen LogP contribution is 2.27. The van der Waals surface area contributed by atoms with Gasteiger partial charge in [-0.2, -0.15) is 4.98 Å². The van der Waals surface area contributed by atoms with Gasteiger partial charge in [0.1, 0.15) is 11.6 Å². The number of anilines is 3. The Kier molecular flexibility index (Phi) is 5.38. The first-order valence-corrected chi connectivity index (χ1v) is 11.0. The van der Waals surface area contributed by atoms with E-state index in [2.05, 4.69) is 81.3 Å². The lowest BCUT2D eigenvalue weighted by molar-refractivity contribution is 0.415. The van der Waals surface area contributed by atoms with Gasteiger partial charge in [-0.15, -0.1) is 0 Å². The molecule has 5 rings (SSSR count). The van der Waals surface area contributed by atoms with Crippen molar-refractivity contribution in [3.63, 3.8) is 0 Å². The molecular formula is C26H28N6O. The lowest BCUT2D eigenvalue weighted by atomic mass is 10.1. The summed E-state index contributed by atoms with van der Waals surface area (Å²) in [7, 11) is 5.79. The predicted molar refractivity (Wildman–Crippen MR) is 135 cm³/mol. The van der Waals surface area contributed by atoms with Crippen molar-refractivity contribution in [2.75, 3.05) is 30.9 Å². The van der Waals surface area contributed by atoms with Gasteiger partial charge in [0.25, 0.3) is 0 Å². The average Bonchev–Trinajstić information content (AvgIpc) is 3.36. The summed E-state index contributed by atoms with van der Waals surface area (Å²) in [5.74, 6) is 2.33. The summed E-state index contributed by atoms with van der Waals surface area (Å²) in [5.41, 5.74) is 5.84. The van der Waals surface area contributed by atoms with E-state index in [0.29, 0.717) is 5.95 Å². The van der Waals surface area contributed by atoms with Crippen LogP contribution in [0.4, 0.5) is 17.5 Å². The number of benzene rings is 2. The number of rotatable bonds is 7. The number of aromatic amines is 1. The number of nitrogens with zero attached hydrogens (tertiary/aromatic N) is 4. The van der Waals surface area contributed by atoms with Crippen molar-refractivity contribution < 1.29 is 4.74 Å². The number of hydrogen-bond donors (Lipinski definition) is 2. The van der Waals surface area contributed by atoms with Gasteiger partial charge in [-0.25, -0.2) is 4.98 Å². The Morgan fingerprint density at radius 1 is 1.12 bits per heavy atom. The molecule has 0 aliphatic heterocycles. The van der Waals surface area contributed by atoms with Crippen LogP contribution in [-0.2, 0) is 13.5 Å². The summed E-state index contributed by atoms with van der Waals surface area (Å²) in [4.78, 5) is 14.6. The Labute approximate surface area is 193 Å². The number of aromatic nitrogens is 4. The maximum atomic E-state index is 5.41. The van der Waals surface area contributed by atoms with Crippen molar-refractivity contribution in [1.29, 1.82) is 0 Å². The highest BCUT2D eigenvalue weighted by atomic mass is 16.5. The molecule has 3 heterocycles. The molecule has 0 fully saturated rings. The topological polar surface area (TPSA) is 71.0 Å². The van der Waals surface area contributed by atoms with Gasteiger partial charge in [0, 0.05) is 66.2 Å². The van der Waals surface area contributed by atoms with Crippen molar-refractivity contribution in [2.24, 2.45) is 7.05 Å². The van der Waals surface area contributed by atoms with Crippen LogP contribution in [-0.4, -0.2) is 40.2 Å². The van der Waals surface area contributed by atoms with E-state index in [1.165, 1.54) is 21.9 Å². The Morgan fingerprint density at radius 3 is 2.85 bits per heavy atom. The Bertz CT molecular complexity index is 1430. The molecule has 168 valence electrons. The van der Waals surface area contributed by atoms with Crippen LogP contribution in [0.15, 0.2) is 60.9 Å². The third-order valence-electron chi connectivity index (χ3n) is 6.07. The molecule has 0 unspecified atom stereocenters. The lowest BCUT2D eigenvalue weighted by Crippen LogP contribution is -2.14. The fourth-order valence-corrected chi connectivity index (χ4v) is 4.32. The molecule has 0 bridgehead atoms. The Balaban J connectivity index is 1.30. The van der Waals surface area contributed by atoms with Crippen LogP contribution in [0.2, 0.25) is 0 Å². The number of methoxy groups -OCH3 is 1. The fourth-order valence-electron chi connectivity index (χ4n) is 4.32. The molecule has 7 heteroatoms. The van der Waals surface area contributed by atoms with Crippen molar-refractivity contribution >= 4 is 39.3 Å². The third-order valence-corrected chi connectivity index (χ3v) is 6.07. The van der Waals surface area contributed by atoms with E-state index in [4.69, 9.17) is 9.72 Å². The molecule has 7 nitrogen and oxygen atoms in total. The van der Waals surface area contributed by atoms with Gasteiger partial charge in [0.05, 0.1) is 7.11 Å². The smallest absolute Gasteiger partial charge is 0.224 e. The van der Waals surface area contributed by atoms with Crippen LogP contribution < -0.4 is 15.0 Å². The first-order valence-electron chi connectivity index (χ1n) is 11.0. The van der Waals surface area contributed by atoms with E-state index in [1.54, 1.807) is 13.3 Å². The molecular weight excluding hydrogens is 412 g/mol. The van der Waals surface area contributed by atoms with Crippen LogP contribution >= 0.6 is 0 Å². The molecule has 0 atom stereocenters. The van der Waals surface area contributed by atoms with Crippen LogP contribution in [0.1, 0.15) is 11.3 Å². The molecule has 0 saturated heterocycles. The van der Waals surface area contributed by atoms with Gasteiger partial charge in [-0.1, -0.05) is 0 Å². The summed E-state index contributed by atoms with van der Waals surface area (Å²) in [6, 6.07) is 16.6. The number of hydrogen-bond acceptors (Lipinski definition) is 5. The average molecular weight is 441 g/mol. The summed E-state index contributed by atoms with van der Waals surface area (Å²) >= 11 is 0. The molecule has 2 aromatic carbocycles. The van der Waals surface area contributed by atoms with E-state index in [-0.39, 0.29) is 0 Å². The number of fused-ring (bicyclic) bond motifs is 2. The molecule has 0 amide bonds. The minimum Gasteiger partial charge on any atom is -0.497 e. The Morgan fingerprint density at radius 2 is 2.00 bits per heavy atom. The predicted octanol–water partition coefficient (Wildman–Crippen LogP) is 5.19. The summed E-state index contributed by atoms with van der Waals surface area (Å²) < 4.78 is 7.56. The summed E-state index contributed by atoms with van der Waals surface area (Å²) in [5, 5.41) is 5.78. The molecule has 33 heavy (non-hydrogen) atoms. The van der Waals surface area contributed by atoms with Crippen molar-refractivity contribution in [3.8, 4) is 5.75 Å². The monoisotopic (exact) mass is 440 g/mol. The van der Waals surface area contributed by atoms with Gasteiger partial charge in [0.15, 0.2) is 0 Å². The number of H-pyrrole nitrogens is 1. The van der Waals surface area contributed by atoms with Gasteiger partial charge in [-0.3, -0.25) is 0 Å². The zero-order valence-corrected chi connectivity index (χ0v) is 19.4. The van der Waals surface area contributed by atoms with Crippen LogP contribution in [0.5, 0.6) is 5.75 Å². The standard InChI is InChI=1S/C26H28N6O/c1-17-13-19-14-20(5-7-23(19)29-17)32(3)25-10-12-28-26(30-25)27-11-9-18-16-31(2)24-8-6-21(33-4)15-22(18)24/h5-8,10,12-16,29H,9,11H2,1-4H3,(H,27,28,30). The molecule has 0 saturated carbocycles. The SMILES string of the molecule is COc1ccc2c(c1)c(CCNc1nccc(N(C)c3ccc4[nH]c(C)cc4c3)n1)cn2C. The second kappa shape index (κ2) is 8.50. The third kappa shape index (κ3) is 4.09. The van der Waals surface area contributed by atoms with Crippen LogP contribution in [0.25, 0.3) is 21.8 Å². The molecule has 5 aromatic rings. The highest BCUT2D eigenvalue weighted by molar-refractivity contribution is 5.86. The molecule has 2 N–H and O–H groups in total. The maximum absolute atomic E-state index is 5.41. The van der Waals surface area contributed by atoms with Crippen molar-refractivity contribution in [3.05, 3.63) is 72.2 Å². The zero-order chi connectivity index (χ0) is 22.9. The highest BCUT2D eigenvalue weighted by Gasteiger charge is 2.10. The van der Waals surface area contributed by atoms with Crippen LogP contribution in [0.3, 0.4) is 0 Å². The molecule has 0 aliphatic carbocycles. The van der Waals surface area contributed by atoms with Gasteiger partial charge in [0.2, 0.25) is 5.95 Å². The lowest BCUT2D eigenvalue weighted by Gasteiger charge is -2.19. The van der Waals surface area contributed by atoms with Crippen molar-refractivity contribution in [1.82, 2.24) is 19.5 Å². The fraction of sp³-hybridized carbons (Fsp3) is 0.231. The first-order chi connectivity index (χ1) is 16.0. The van der Waals surface area contributed by atoms with E-state index in [1.807, 2.05) is 19.2 Å². The number of aryl methyl sites for hydroxylation is 2. The second-order valence-corrected chi connectivity index (χ2v) is 8.35. The molecule has 0 spiro atoms. The van der Waals surface area contributed by atoms with E-state index < -0.39 is 0 Å². The molecule has 0 aliphatic rings. The van der Waals surface area contributed by atoms with E-state index >= 15 is 0 Å². The maximum Gasteiger partial charge on any atom is 0.224 e. The normalized spacial score (nSPS) is 11.3. The number of nitrogens with one attached hydrogen (secondary N) is 2. The van der Waals surface area contributed by atoms with Crippen molar-refractivity contribution in [2.45, 2.75) is 13.3 Å². The van der Waals surface area contributed by atoms with E-state index in [0.717, 1.165) is 41.4 Å². The second-order valence-electron chi connectivity index (χ2n) is 8.35. The first kappa shape index (κ1) is 20.9. The van der Waals surface area contributed by atoms with Crippen LogP contribution in [0, 0.1) is 6.92 Å². The zero-order valence-electron chi connectivity index (χ0n) is 19.4. The van der Waals surface area contributed by atoms with Gasteiger partial charge >= 0.3 is 0 Å². The van der Waals surface area contributed by atoms with Gasteiger partial charge < -0.3 is 24.5 Å². The number of ether oxygens (including phenoxy) is 1. The Hall–Kier alpha value is -4.00. The summed E-state index contributed by atoms with van der Waals surface area (Å²) in [6.07, 6.45) is 4.83. The quantitative estimate of drug-likeness (QED) is 0.364. The molecule has 0 radical (unpaired) electrons. The minimum atomic E-state index is 0.621. The summed E-state index contributed by atoms with van der Waals surface area (Å²) in [6.45, 7) is 2.80. The largest absolute Gasteiger partial charge is 0.497 e. The minimum absolute atomic E-state index is 0.621. The van der Waals surface area contributed by atoms with Gasteiger partial charge in [-0.05, 0) is 67.4 Å². The van der Waals surface area contributed by atoms with E-state index in [9.17, 15) is 0 Å².